The van der Waals surface area contributed by atoms with E-state index in [1.165, 1.54) is 5.69 Å². The first-order chi connectivity index (χ1) is 9.15. The van der Waals surface area contributed by atoms with Crippen molar-refractivity contribution < 1.29 is 0 Å². The molecule has 19 heavy (non-hydrogen) atoms. The molecule has 0 saturated carbocycles. The van der Waals surface area contributed by atoms with Gasteiger partial charge in [-0.05, 0) is 33.3 Å². The van der Waals surface area contributed by atoms with Crippen molar-refractivity contribution in [3.05, 3.63) is 29.7 Å². The molecular formula is C14H23N5. The van der Waals surface area contributed by atoms with Crippen LogP contribution in [0.3, 0.4) is 0 Å². The number of anilines is 1. The Morgan fingerprint density at radius 1 is 1.37 bits per heavy atom. The highest BCUT2D eigenvalue weighted by Gasteiger charge is 2.09. The summed E-state index contributed by atoms with van der Waals surface area (Å²) in [7, 11) is 0. The summed E-state index contributed by atoms with van der Waals surface area (Å²) in [5.74, 6) is 1.07. The number of hydrogen-bond acceptors (Lipinski definition) is 3. The molecule has 2 heterocycles. The topological polar surface area (TPSA) is 47.7 Å². The van der Waals surface area contributed by atoms with E-state index in [2.05, 4.69) is 53.1 Å². The van der Waals surface area contributed by atoms with Crippen LogP contribution in [-0.4, -0.2) is 19.6 Å². The second-order valence-corrected chi connectivity index (χ2v) is 4.86. The number of aryl methyl sites for hydroxylation is 2. The molecular weight excluding hydrogens is 238 g/mol. The van der Waals surface area contributed by atoms with Crippen molar-refractivity contribution in [3.8, 4) is 0 Å². The first kappa shape index (κ1) is 13.6. The lowest BCUT2D eigenvalue weighted by atomic mass is 10.2. The second-order valence-electron chi connectivity index (χ2n) is 4.86. The molecule has 0 aromatic carbocycles. The van der Waals surface area contributed by atoms with Gasteiger partial charge in [0.1, 0.15) is 5.82 Å². The zero-order valence-electron chi connectivity index (χ0n) is 12.2. The van der Waals surface area contributed by atoms with Crippen LogP contribution < -0.4 is 5.32 Å². The van der Waals surface area contributed by atoms with E-state index in [-0.39, 0.29) is 0 Å². The standard InChI is InChI=1S/C14H23N5/c1-5-12(4)19-13(7-8-16-19)10-15-14-9-11(3)17-18(14)6-2/h7-9,12,15H,5-6,10H2,1-4H3/t12-/m0/s1. The SMILES string of the molecule is CC[C@H](C)n1nccc1CNc1cc(C)nn1CC. The summed E-state index contributed by atoms with van der Waals surface area (Å²) in [6, 6.07) is 4.58. The minimum Gasteiger partial charge on any atom is -0.365 e. The zero-order valence-corrected chi connectivity index (χ0v) is 12.2. The van der Waals surface area contributed by atoms with Gasteiger partial charge in [-0.15, -0.1) is 0 Å². The molecule has 0 aliphatic carbocycles. The van der Waals surface area contributed by atoms with Crippen molar-refractivity contribution in [2.45, 2.75) is 53.2 Å². The van der Waals surface area contributed by atoms with E-state index >= 15 is 0 Å². The summed E-state index contributed by atoms with van der Waals surface area (Å²) >= 11 is 0. The van der Waals surface area contributed by atoms with Gasteiger partial charge in [0.25, 0.3) is 0 Å². The number of rotatable bonds is 6. The molecule has 0 aliphatic heterocycles. The molecule has 2 aromatic rings. The molecule has 0 radical (unpaired) electrons. The highest BCUT2D eigenvalue weighted by Crippen LogP contribution is 2.15. The second kappa shape index (κ2) is 5.91. The Bertz CT molecular complexity index is 526. The predicted octanol–water partition coefficient (Wildman–Crippen LogP) is 2.99. The Hall–Kier alpha value is -1.78. The predicted molar refractivity (Wildman–Crippen MR) is 77.2 cm³/mol. The van der Waals surface area contributed by atoms with Gasteiger partial charge in [0.2, 0.25) is 0 Å². The molecule has 5 nitrogen and oxygen atoms in total. The molecule has 104 valence electrons. The fraction of sp³-hybridized carbons (Fsp3) is 0.571. The van der Waals surface area contributed by atoms with Gasteiger partial charge in [-0.1, -0.05) is 6.92 Å². The molecule has 0 amide bonds. The monoisotopic (exact) mass is 261 g/mol. The van der Waals surface area contributed by atoms with E-state index in [4.69, 9.17) is 0 Å². The van der Waals surface area contributed by atoms with E-state index in [1.54, 1.807) is 0 Å². The lowest BCUT2D eigenvalue weighted by molar-refractivity contribution is 0.462. The highest BCUT2D eigenvalue weighted by molar-refractivity contribution is 5.37. The van der Waals surface area contributed by atoms with Crippen molar-refractivity contribution in [1.82, 2.24) is 19.6 Å². The first-order valence-electron chi connectivity index (χ1n) is 6.96. The van der Waals surface area contributed by atoms with Crippen LogP contribution in [0, 0.1) is 6.92 Å². The number of hydrogen-bond donors (Lipinski definition) is 1. The van der Waals surface area contributed by atoms with Crippen LogP contribution >= 0.6 is 0 Å². The third-order valence-corrected chi connectivity index (χ3v) is 3.41. The number of nitrogens with one attached hydrogen (secondary N) is 1. The fourth-order valence-electron chi connectivity index (χ4n) is 2.16. The maximum Gasteiger partial charge on any atom is 0.124 e. The molecule has 5 heteroatoms. The molecule has 1 N–H and O–H groups in total. The maximum absolute atomic E-state index is 4.43. The minimum atomic E-state index is 0.435. The van der Waals surface area contributed by atoms with E-state index < -0.39 is 0 Å². The van der Waals surface area contributed by atoms with E-state index in [1.807, 2.05) is 17.8 Å². The molecule has 2 aromatic heterocycles. The highest BCUT2D eigenvalue weighted by atomic mass is 15.3. The van der Waals surface area contributed by atoms with Crippen molar-refractivity contribution >= 4 is 5.82 Å². The van der Waals surface area contributed by atoms with Crippen molar-refractivity contribution in [3.63, 3.8) is 0 Å². The Morgan fingerprint density at radius 3 is 2.84 bits per heavy atom. The van der Waals surface area contributed by atoms with Gasteiger partial charge >= 0.3 is 0 Å². The molecule has 0 fully saturated rings. The van der Waals surface area contributed by atoms with Gasteiger partial charge in [-0.25, -0.2) is 4.68 Å². The van der Waals surface area contributed by atoms with Crippen LogP contribution in [0.4, 0.5) is 5.82 Å². The Kier molecular flexibility index (Phi) is 4.24. The summed E-state index contributed by atoms with van der Waals surface area (Å²) in [5, 5.41) is 12.3. The summed E-state index contributed by atoms with van der Waals surface area (Å²) in [6.07, 6.45) is 2.95. The van der Waals surface area contributed by atoms with Crippen molar-refractivity contribution in [2.24, 2.45) is 0 Å². The third-order valence-electron chi connectivity index (χ3n) is 3.41. The quantitative estimate of drug-likeness (QED) is 0.869. The smallest absolute Gasteiger partial charge is 0.124 e. The average Bonchev–Trinajstić information content (AvgIpc) is 3.01. The normalized spacial score (nSPS) is 12.6. The Morgan fingerprint density at radius 2 is 2.16 bits per heavy atom. The van der Waals surface area contributed by atoms with Crippen LogP contribution in [0.2, 0.25) is 0 Å². The summed E-state index contributed by atoms with van der Waals surface area (Å²) in [4.78, 5) is 0. The molecule has 0 unspecified atom stereocenters. The fourth-order valence-corrected chi connectivity index (χ4v) is 2.16. The Balaban J connectivity index is 2.08. The summed E-state index contributed by atoms with van der Waals surface area (Å²) < 4.78 is 4.08. The summed E-state index contributed by atoms with van der Waals surface area (Å²) in [5.41, 5.74) is 2.25. The molecule has 0 spiro atoms. The molecule has 1 atom stereocenters. The van der Waals surface area contributed by atoms with Crippen LogP contribution in [0.1, 0.15) is 44.6 Å². The van der Waals surface area contributed by atoms with Gasteiger partial charge in [0.05, 0.1) is 17.9 Å². The van der Waals surface area contributed by atoms with E-state index in [0.29, 0.717) is 6.04 Å². The minimum absolute atomic E-state index is 0.435. The maximum atomic E-state index is 4.43. The van der Waals surface area contributed by atoms with Gasteiger partial charge in [-0.2, -0.15) is 10.2 Å². The summed E-state index contributed by atoms with van der Waals surface area (Å²) in [6.45, 7) is 10.1. The van der Waals surface area contributed by atoms with Crippen LogP contribution in [0.5, 0.6) is 0 Å². The lowest BCUT2D eigenvalue weighted by Crippen LogP contribution is -2.14. The molecule has 0 bridgehead atoms. The lowest BCUT2D eigenvalue weighted by Gasteiger charge is -2.14. The van der Waals surface area contributed by atoms with Gasteiger partial charge in [-0.3, -0.25) is 4.68 Å². The number of aromatic nitrogens is 4. The molecule has 0 saturated heterocycles. The van der Waals surface area contributed by atoms with Gasteiger partial charge in [0, 0.05) is 24.8 Å². The first-order valence-corrected chi connectivity index (χ1v) is 6.96. The molecule has 2 rings (SSSR count). The zero-order chi connectivity index (χ0) is 13.8. The average molecular weight is 261 g/mol. The van der Waals surface area contributed by atoms with E-state index in [9.17, 15) is 0 Å². The third kappa shape index (κ3) is 2.97. The van der Waals surface area contributed by atoms with Crippen LogP contribution in [-0.2, 0) is 13.1 Å². The largest absolute Gasteiger partial charge is 0.365 e. The van der Waals surface area contributed by atoms with Gasteiger partial charge < -0.3 is 5.32 Å². The number of nitrogens with zero attached hydrogens (tertiary/aromatic N) is 4. The van der Waals surface area contributed by atoms with Crippen LogP contribution in [0.15, 0.2) is 18.3 Å². The van der Waals surface area contributed by atoms with Crippen molar-refractivity contribution in [1.29, 1.82) is 0 Å². The van der Waals surface area contributed by atoms with Gasteiger partial charge in [0.15, 0.2) is 0 Å². The molecule has 0 aliphatic rings. The Labute approximate surface area is 114 Å². The van der Waals surface area contributed by atoms with E-state index in [0.717, 1.165) is 31.0 Å². The van der Waals surface area contributed by atoms with Crippen molar-refractivity contribution in [2.75, 3.05) is 5.32 Å². The van der Waals surface area contributed by atoms with Crippen LogP contribution in [0.25, 0.3) is 0 Å².